The number of para-hydroxylation sites is 1. The third-order valence-electron chi connectivity index (χ3n) is 6.31. The third-order valence-corrected chi connectivity index (χ3v) is 6.31. The smallest absolute Gasteiger partial charge is 0.407 e. The van der Waals surface area contributed by atoms with E-state index in [1.54, 1.807) is 7.11 Å². The maximum Gasteiger partial charge on any atom is 0.407 e. The minimum absolute atomic E-state index is 0.0167. The van der Waals surface area contributed by atoms with Crippen LogP contribution in [0.3, 0.4) is 0 Å². The summed E-state index contributed by atoms with van der Waals surface area (Å²) < 4.78 is 35.4. The summed E-state index contributed by atoms with van der Waals surface area (Å²) >= 11 is 0. The van der Waals surface area contributed by atoms with Crippen LogP contribution in [0.4, 0.5) is 13.6 Å². The van der Waals surface area contributed by atoms with Crippen molar-refractivity contribution in [2.24, 2.45) is 11.8 Å². The van der Waals surface area contributed by atoms with Crippen molar-refractivity contribution in [1.82, 2.24) is 24.8 Å². The number of benzene rings is 1. The van der Waals surface area contributed by atoms with Crippen LogP contribution in [0.5, 0.6) is 0 Å². The number of methoxy groups -OCH3 is 1. The van der Waals surface area contributed by atoms with Crippen molar-refractivity contribution in [2.75, 3.05) is 33.4 Å². The van der Waals surface area contributed by atoms with E-state index in [1.807, 2.05) is 13.8 Å². The van der Waals surface area contributed by atoms with Gasteiger partial charge in [0, 0.05) is 39.3 Å². The molecule has 2 heterocycles. The fourth-order valence-electron chi connectivity index (χ4n) is 4.62. The number of ether oxygens (including phenoxy) is 1. The lowest BCUT2D eigenvalue weighted by Gasteiger charge is -2.41. The predicted molar refractivity (Wildman–Crippen MR) is 130 cm³/mol. The van der Waals surface area contributed by atoms with Crippen molar-refractivity contribution in [3.8, 4) is 5.69 Å². The van der Waals surface area contributed by atoms with E-state index in [-0.39, 0.29) is 43.4 Å². The standard InChI is InChI=1S/C25H33F2N5O5/c1-16(2)12-31(18-11-17(15-33)13-30(14-18)25(35)36)24(34)22-21(9-4-5-10-37-3)32(29-28-22)23-19(26)7-6-8-20(23)27/h6-8,15-18H,4-5,9-14H2,1-3H3,(H,35,36)/t17-,18+/m1/s1. The zero-order valence-electron chi connectivity index (χ0n) is 21.3. The average Bonchev–Trinajstić information content (AvgIpc) is 3.27. The zero-order chi connectivity index (χ0) is 27.1. The van der Waals surface area contributed by atoms with Crippen LogP contribution in [-0.4, -0.2) is 87.6 Å². The first-order valence-corrected chi connectivity index (χ1v) is 12.3. The first-order chi connectivity index (χ1) is 17.7. The fraction of sp³-hybridized carbons (Fsp3) is 0.560. The topological polar surface area (TPSA) is 118 Å². The molecule has 1 fully saturated rings. The minimum Gasteiger partial charge on any atom is -0.465 e. The Balaban J connectivity index is 2.04. The summed E-state index contributed by atoms with van der Waals surface area (Å²) in [5, 5.41) is 17.6. The van der Waals surface area contributed by atoms with E-state index in [2.05, 4.69) is 10.3 Å². The third kappa shape index (κ3) is 6.68. The molecule has 1 aromatic heterocycles. The summed E-state index contributed by atoms with van der Waals surface area (Å²) in [6.07, 6.45) is 1.27. The highest BCUT2D eigenvalue weighted by Gasteiger charge is 2.37. The Morgan fingerprint density at radius 2 is 1.95 bits per heavy atom. The maximum atomic E-state index is 14.7. The van der Waals surface area contributed by atoms with Gasteiger partial charge in [-0.2, -0.15) is 0 Å². The number of rotatable bonds is 11. The van der Waals surface area contributed by atoms with Crippen molar-refractivity contribution < 1.29 is 33.0 Å². The first kappa shape index (κ1) is 28.2. The summed E-state index contributed by atoms with van der Waals surface area (Å²) in [7, 11) is 1.57. The lowest BCUT2D eigenvalue weighted by Crippen LogP contribution is -2.55. The number of amides is 2. The molecule has 37 heavy (non-hydrogen) atoms. The molecule has 1 aromatic carbocycles. The van der Waals surface area contributed by atoms with Crippen LogP contribution >= 0.6 is 0 Å². The molecule has 2 amide bonds. The average molecular weight is 522 g/mol. The molecular weight excluding hydrogens is 488 g/mol. The lowest BCUT2D eigenvalue weighted by molar-refractivity contribution is -0.113. The zero-order valence-corrected chi connectivity index (χ0v) is 21.3. The van der Waals surface area contributed by atoms with Crippen molar-refractivity contribution in [3.63, 3.8) is 0 Å². The van der Waals surface area contributed by atoms with Gasteiger partial charge in [-0.1, -0.05) is 25.1 Å². The van der Waals surface area contributed by atoms with Gasteiger partial charge >= 0.3 is 6.09 Å². The first-order valence-electron chi connectivity index (χ1n) is 12.3. The predicted octanol–water partition coefficient (Wildman–Crippen LogP) is 3.18. The SMILES string of the molecule is COCCCCc1c(C(=O)N(CC(C)C)[C@H]2C[C@@H](C=O)CN(C(=O)O)C2)nnn1-c1c(F)cccc1F. The number of aromatic nitrogens is 3. The molecule has 1 aliphatic heterocycles. The Kier molecular flexibility index (Phi) is 9.67. The highest BCUT2D eigenvalue weighted by molar-refractivity contribution is 5.93. The van der Waals surface area contributed by atoms with E-state index in [9.17, 15) is 28.3 Å². The van der Waals surface area contributed by atoms with Crippen molar-refractivity contribution >= 4 is 18.3 Å². The highest BCUT2D eigenvalue weighted by Crippen LogP contribution is 2.26. The van der Waals surface area contributed by atoms with Gasteiger partial charge < -0.3 is 24.4 Å². The molecule has 1 N–H and O–H groups in total. The van der Waals surface area contributed by atoms with Gasteiger partial charge in [0.15, 0.2) is 17.3 Å². The molecule has 1 aliphatic rings. The Bertz CT molecular complexity index is 1090. The van der Waals surface area contributed by atoms with Crippen molar-refractivity contribution in [2.45, 2.75) is 45.6 Å². The van der Waals surface area contributed by atoms with Crippen LogP contribution in [0, 0.1) is 23.5 Å². The number of halogens is 2. The molecular formula is C25H33F2N5O5. The van der Waals surface area contributed by atoms with Gasteiger partial charge in [0.2, 0.25) is 0 Å². The molecule has 202 valence electrons. The minimum atomic E-state index is -1.17. The molecule has 0 spiro atoms. The number of nitrogens with zero attached hydrogens (tertiary/aromatic N) is 5. The second-order valence-corrected chi connectivity index (χ2v) is 9.64. The number of piperidine rings is 1. The van der Waals surface area contributed by atoms with E-state index in [4.69, 9.17) is 4.74 Å². The molecule has 10 nitrogen and oxygen atoms in total. The number of hydrogen-bond donors (Lipinski definition) is 1. The number of hydrogen-bond acceptors (Lipinski definition) is 6. The molecule has 0 unspecified atom stereocenters. The van der Waals surface area contributed by atoms with Gasteiger partial charge in [-0.3, -0.25) is 4.79 Å². The Morgan fingerprint density at radius 1 is 1.24 bits per heavy atom. The van der Waals surface area contributed by atoms with Gasteiger partial charge in [0.25, 0.3) is 5.91 Å². The number of likely N-dealkylation sites (tertiary alicyclic amines) is 1. The van der Waals surface area contributed by atoms with Gasteiger partial charge in [0.1, 0.15) is 12.0 Å². The lowest BCUT2D eigenvalue weighted by atomic mass is 9.93. The summed E-state index contributed by atoms with van der Waals surface area (Å²) in [6, 6.07) is 2.86. The normalized spacial score (nSPS) is 17.7. The number of aldehydes is 1. The van der Waals surface area contributed by atoms with Gasteiger partial charge in [0.05, 0.1) is 11.7 Å². The second kappa shape index (κ2) is 12.7. The van der Waals surface area contributed by atoms with Gasteiger partial charge in [-0.15, -0.1) is 5.10 Å². The van der Waals surface area contributed by atoms with Crippen LogP contribution in [0.15, 0.2) is 18.2 Å². The molecule has 1 saturated heterocycles. The van der Waals surface area contributed by atoms with Gasteiger partial charge in [-0.25, -0.2) is 18.3 Å². The van der Waals surface area contributed by atoms with E-state index in [1.165, 1.54) is 11.0 Å². The molecule has 3 rings (SSSR count). The number of carbonyl (C=O) groups is 3. The molecule has 2 atom stereocenters. The molecule has 0 aliphatic carbocycles. The Morgan fingerprint density at radius 3 is 2.54 bits per heavy atom. The number of unbranched alkanes of at least 4 members (excludes halogenated alkanes) is 1. The number of carbonyl (C=O) groups excluding carboxylic acids is 2. The molecule has 0 radical (unpaired) electrons. The van der Waals surface area contributed by atoms with Crippen LogP contribution < -0.4 is 0 Å². The summed E-state index contributed by atoms with van der Waals surface area (Å²) in [6.45, 7) is 4.66. The van der Waals surface area contributed by atoms with Crippen LogP contribution in [0.25, 0.3) is 5.69 Å². The Labute approximate surface area is 214 Å². The fourth-order valence-corrected chi connectivity index (χ4v) is 4.62. The number of carboxylic acid groups (broad SMARTS) is 1. The van der Waals surface area contributed by atoms with Crippen LogP contribution in [-0.2, 0) is 16.0 Å². The van der Waals surface area contributed by atoms with Crippen LogP contribution in [0.1, 0.15) is 49.3 Å². The monoisotopic (exact) mass is 521 g/mol. The second-order valence-electron chi connectivity index (χ2n) is 9.64. The van der Waals surface area contributed by atoms with Crippen molar-refractivity contribution in [1.29, 1.82) is 0 Å². The highest BCUT2D eigenvalue weighted by atomic mass is 19.1. The Hall–Kier alpha value is -3.41. The summed E-state index contributed by atoms with van der Waals surface area (Å²) in [5.74, 6) is -2.77. The largest absolute Gasteiger partial charge is 0.465 e. The quantitative estimate of drug-likeness (QED) is 0.356. The van der Waals surface area contributed by atoms with E-state index >= 15 is 0 Å². The molecule has 12 heteroatoms. The maximum absolute atomic E-state index is 14.7. The van der Waals surface area contributed by atoms with Gasteiger partial charge in [-0.05, 0) is 43.7 Å². The van der Waals surface area contributed by atoms with E-state index in [0.717, 1.165) is 21.7 Å². The van der Waals surface area contributed by atoms with Crippen LogP contribution in [0.2, 0.25) is 0 Å². The molecule has 0 bridgehead atoms. The molecule has 2 aromatic rings. The van der Waals surface area contributed by atoms with E-state index in [0.29, 0.717) is 32.2 Å². The summed E-state index contributed by atoms with van der Waals surface area (Å²) in [4.78, 5) is 39.8. The van der Waals surface area contributed by atoms with Crippen molar-refractivity contribution in [3.05, 3.63) is 41.2 Å². The summed E-state index contributed by atoms with van der Waals surface area (Å²) in [5.41, 5.74) is -0.241. The van der Waals surface area contributed by atoms with E-state index < -0.39 is 41.3 Å². The molecule has 0 saturated carbocycles.